The molecule has 0 aliphatic carbocycles. The van der Waals surface area contributed by atoms with Crippen molar-refractivity contribution in [2.24, 2.45) is 5.73 Å². The molecule has 0 aliphatic heterocycles. The van der Waals surface area contributed by atoms with Gasteiger partial charge in [-0.25, -0.2) is 0 Å². The van der Waals surface area contributed by atoms with Gasteiger partial charge in [0, 0.05) is 6.04 Å². The molecule has 15 heavy (non-hydrogen) atoms. The van der Waals surface area contributed by atoms with Crippen molar-refractivity contribution in [3.05, 3.63) is 34.9 Å². The zero-order chi connectivity index (χ0) is 11.3. The van der Waals surface area contributed by atoms with E-state index in [0.717, 1.165) is 17.5 Å². The summed E-state index contributed by atoms with van der Waals surface area (Å²) >= 11 is 0. The largest absolute Gasteiger partial charge is 0.323 e. The predicted molar refractivity (Wildman–Crippen MR) is 57.7 cm³/mol. The van der Waals surface area contributed by atoms with Crippen LogP contribution < -0.4 is 5.73 Å². The Morgan fingerprint density at radius 1 is 1.40 bits per heavy atom. The summed E-state index contributed by atoms with van der Waals surface area (Å²) in [5.41, 5.74) is 8.53. The number of nitriles is 2. The first-order valence-electron chi connectivity index (χ1n) is 4.88. The molecule has 0 aromatic heterocycles. The Morgan fingerprint density at radius 3 is 2.67 bits per heavy atom. The average Bonchev–Trinajstić information content (AvgIpc) is 2.28. The molecular formula is C12H13N3. The van der Waals surface area contributed by atoms with Gasteiger partial charge in [0.05, 0.1) is 24.1 Å². The molecule has 1 unspecified atom stereocenters. The Kier molecular flexibility index (Phi) is 3.85. The summed E-state index contributed by atoms with van der Waals surface area (Å²) in [5.74, 6) is 0. The first-order chi connectivity index (χ1) is 7.22. The van der Waals surface area contributed by atoms with Crippen LogP contribution in [0.25, 0.3) is 0 Å². The van der Waals surface area contributed by atoms with Gasteiger partial charge in [0.1, 0.15) is 0 Å². The van der Waals surface area contributed by atoms with Crippen molar-refractivity contribution in [2.45, 2.75) is 25.8 Å². The molecule has 1 aromatic carbocycles. The van der Waals surface area contributed by atoms with Crippen molar-refractivity contribution in [1.29, 1.82) is 10.5 Å². The molecule has 0 saturated heterocycles. The smallest absolute Gasteiger partial charge is 0.0991 e. The van der Waals surface area contributed by atoms with E-state index in [0.29, 0.717) is 12.0 Å². The van der Waals surface area contributed by atoms with Gasteiger partial charge in [0.25, 0.3) is 0 Å². The third-order valence-corrected chi connectivity index (χ3v) is 2.36. The summed E-state index contributed by atoms with van der Waals surface area (Å²) in [6, 6.07) is 9.33. The molecule has 0 heterocycles. The fraction of sp³-hybridized carbons (Fsp3) is 0.333. The fourth-order valence-corrected chi connectivity index (χ4v) is 1.55. The van der Waals surface area contributed by atoms with Crippen molar-refractivity contribution in [3.8, 4) is 12.1 Å². The fourth-order valence-electron chi connectivity index (χ4n) is 1.55. The van der Waals surface area contributed by atoms with Crippen LogP contribution in [0.2, 0.25) is 0 Å². The molecule has 0 bridgehead atoms. The Morgan fingerprint density at radius 2 is 2.13 bits per heavy atom. The Balaban J connectivity index is 3.09. The van der Waals surface area contributed by atoms with Crippen molar-refractivity contribution in [2.75, 3.05) is 0 Å². The quantitative estimate of drug-likeness (QED) is 0.809. The van der Waals surface area contributed by atoms with Gasteiger partial charge in [0.15, 0.2) is 0 Å². The molecule has 1 atom stereocenters. The van der Waals surface area contributed by atoms with Crippen LogP contribution >= 0.6 is 0 Å². The van der Waals surface area contributed by atoms with Crippen LogP contribution in [0, 0.1) is 22.7 Å². The van der Waals surface area contributed by atoms with Gasteiger partial charge in [-0.05, 0) is 29.7 Å². The molecule has 0 aliphatic rings. The van der Waals surface area contributed by atoms with Gasteiger partial charge < -0.3 is 5.73 Å². The Hall–Kier alpha value is -1.84. The minimum atomic E-state index is -0.252. The van der Waals surface area contributed by atoms with E-state index in [1.165, 1.54) is 0 Å². The van der Waals surface area contributed by atoms with E-state index in [4.69, 9.17) is 16.3 Å². The number of hydrogen-bond donors (Lipinski definition) is 1. The normalized spacial score (nSPS) is 11.5. The number of aryl methyl sites for hydroxylation is 1. The molecule has 1 rings (SSSR count). The monoisotopic (exact) mass is 199 g/mol. The number of nitrogens with two attached hydrogens (primary N) is 1. The van der Waals surface area contributed by atoms with E-state index >= 15 is 0 Å². The highest BCUT2D eigenvalue weighted by Crippen LogP contribution is 2.20. The Bertz CT molecular complexity index is 423. The van der Waals surface area contributed by atoms with Crippen molar-refractivity contribution in [1.82, 2.24) is 0 Å². The van der Waals surface area contributed by atoms with Gasteiger partial charge in [0.2, 0.25) is 0 Å². The van der Waals surface area contributed by atoms with E-state index in [9.17, 15) is 0 Å². The third-order valence-electron chi connectivity index (χ3n) is 2.36. The molecular weight excluding hydrogens is 186 g/mol. The lowest BCUT2D eigenvalue weighted by Gasteiger charge is -2.13. The molecule has 0 amide bonds. The highest BCUT2D eigenvalue weighted by Gasteiger charge is 2.10. The molecule has 3 heteroatoms. The van der Waals surface area contributed by atoms with Crippen LogP contribution in [0.4, 0.5) is 0 Å². The molecule has 76 valence electrons. The number of nitrogens with zero attached hydrogens (tertiary/aromatic N) is 2. The van der Waals surface area contributed by atoms with Crippen LogP contribution in [0.1, 0.15) is 36.1 Å². The van der Waals surface area contributed by atoms with Crippen LogP contribution in [0.5, 0.6) is 0 Å². The van der Waals surface area contributed by atoms with Crippen molar-refractivity contribution < 1.29 is 0 Å². The summed E-state index contributed by atoms with van der Waals surface area (Å²) in [4.78, 5) is 0. The highest BCUT2D eigenvalue weighted by atomic mass is 14.6. The molecule has 2 N–H and O–H groups in total. The second-order valence-corrected chi connectivity index (χ2v) is 3.35. The molecule has 3 nitrogen and oxygen atoms in total. The summed E-state index contributed by atoms with van der Waals surface area (Å²) in [6.07, 6.45) is 1.13. The van der Waals surface area contributed by atoms with E-state index < -0.39 is 0 Å². The molecule has 1 aromatic rings. The number of benzene rings is 1. The van der Waals surface area contributed by atoms with Gasteiger partial charge in [-0.15, -0.1) is 0 Å². The Labute approximate surface area is 89.7 Å². The van der Waals surface area contributed by atoms with Gasteiger partial charge >= 0.3 is 0 Å². The maximum Gasteiger partial charge on any atom is 0.0991 e. The maximum atomic E-state index is 8.76. The summed E-state index contributed by atoms with van der Waals surface area (Å²) in [7, 11) is 0. The van der Waals surface area contributed by atoms with E-state index in [1.54, 1.807) is 6.07 Å². The lowest BCUT2D eigenvalue weighted by molar-refractivity contribution is 0.737. The van der Waals surface area contributed by atoms with E-state index in [1.807, 2.05) is 19.1 Å². The molecule has 0 fully saturated rings. The lowest BCUT2D eigenvalue weighted by Crippen LogP contribution is -2.11. The SMILES string of the molecule is CCc1cc(C#N)ccc1C(N)CC#N. The minimum absolute atomic E-state index is 0.252. The third kappa shape index (κ3) is 2.56. The molecule has 0 spiro atoms. The first-order valence-corrected chi connectivity index (χ1v) is 4.88. The zero-order valence-corrected chi connectivity index (χ0v) is 8.70. The van der Waals surface area contributed by atoms with Gasteiger partial charge in [-0.3, -0.25) is 0 Å². The lowest BCUT2D eigenvalue weighted by atomic mass is 9.95. The summed E-state index contributed by atoms with van der Waals surface area (Å²) in [6.45, 7) is 2.01. The molecule has 0 saturated carbocycles. The van der Waals surface area contributed by atoms with Crippen LogP contribution in [-0.2, 0) is 6.42 Å². The van der Waals surface area contributed by atoms with Gasteiger partial charge in [-0.2, -0.15) is 10.5 Å². The predicted octanol–water partition coefficient (Wildman–Crippen LogP) is 2.03. The van der Waals surface area contributed by atoms with E-state index in [-0.39, 0.29) is 6.04 Å². The zero-order valence-electron chi connectivity index (χ0n) is 8.70. The highest BCUT2D eigenvalue weighted by molar-refractivity contribution is 5.39. The summed E-state index contributed by atoms with van der Waals surface area (Å²) < 4.78 is 0. The second kappa shape index (κ2) is 5.14. The second-order valence-electron chi connectivity index (χ2n) is 3.35. The van der Waals surface area contributed by atoms with Gasteiger partial charge in [-0.1, -0.05) is 13.0 Å². The average molecular weight is 199 g/mol. The standard InChI is InChI=1S/C12H13N3/c1-2-10-7-9(8-14)3-4-11(10)12(15)5-6-13/h3-4,7,12H,2,5,15H2,1H3. The van der Waals surface area contributed by atoms with Crippen molar-refractivity contribution in [3.63, 3.8) is 0 Å². The molecule has 0 radical (unpaired) electrons. The van der Waals surface area contributed by atoms with Crippen LogP contribution in [0.3, 0.4) is 0 Å². The number of hydrogen-bond acceptors (Lipinski definition) is 3. The minimum Gasteiger partial charge on any atom is -0.323 e. The van der Waals surface area contributed by atoms with E-state index in [2.05, 4.69) is 12.1 Å². The van der Waals surface area contributed by atoms with Crippen molar-refractivity contribution >= 4 is 0 Å². The summed E-state index contributed by atoms with van der Waals surface area (Å²) in [5, 5.41) is 17.3. The number of rotatable bonds is 3. The van der Waals surface area contributed by atoms with Crippen LogP contribution in [0.15, 0.2) is 18.2 Å². The van der Waals surface area contributed by atoms with Crippen LogP contribution in [-0.4, -0.2) is 0 Å². The topological polar surface area (TPSA) is 73.6 Å². The maximum absolute atomic E-state index is 8.76. The first kappa shape index (κ1) is 11.2.